The standard InChI is InChI=1S/C12H14N4/c1-2-7-11-9(4-1)5-3-6-10(11)8-12-13-15-16-14-12/h1-2,4,7,10H,3,5-6,8H2,(H,13,14,15,16). The first-order valence-electron chi connectivity index (χ1n) is 5.73. The Morgan fingerprint density at radius 2 is 2.25 bits per heavy atom. The number of benzene rings is 1. The third kappa shape index (κ3) is 1.71. The summed E-state index contributed by atoms with van der Waals surface area (Å²) in [6, 6.07) is 8.71. The van der Waals surface area contributed by atoms with Crippen molar-refractivity contribution in [2.24, 2.45) is 0 Å². The van der Waals surface area contributed by atoms with E-state index in [1.807, 2.05) is 0 Å². The minimum absolute atomic E-state index is 0.558. The van der Waals surface area contributed by atoms with Crippen molar-refractivity contribution in [3.8, 4) is 0 Å². The molecule has 1 aliphatic carbocycles. The van der Waals surface area contributed by atoms with Crippen molar-refractivity contribution in [1.29, 1.82) is 0 Å². The molecule has 0 saturated carbocycles. The molecule has 3 rings (SSSR count). The van der Waals surface area contributed by atoms with Crippen LogP contribution in [0.5, 0.6) is 0 Å². The van der Waals surface area contributed by atoms with Gasteiger partial charge in [0.25, 0.3) is 0 Å². The molecule has 0 amide bonds. The molecule has 0 fully saturated rings. The van der Waals surface area contributed by atoms with Crippen LogP contribution in [0.2, 0.25) is 0 Å². The molecule has 0 saturated heterocycles. The highest BCUT2D eigenvalue weighted by molar-refractivity contribution is 5.33. The van der Waals surface area contributed by atoms with Crippen LogP contribution in [-0.2, 0) is 12.8 Å². The fraction of sp³-hybridized carbons (Fsp3) is 0.417. The summed E-state index contributed by atoms with van der Waals surface area (Å²) in [7, 11) is 0. The van der Waals surface area contributed by atoms with Crippen molar-refractivity contribution in [1.82, 2.24) is 20.6 Å². The van der Waals surface area contributed by atoms with Crippen LogP contribution in [0.1, 0.15) is 35.7 Å². The number of hydrogen-bond donors (Lipinski definition) is 1. The van der Waals surface area contributed by atoms with Crippen LogP contribution in [0.3, 0.4) is 0 Å². The number of tetrazole rings is 1. The van der Waals surface area contributed by atoms with Crippen molar-refractivity contribution in [3.05, 3.63) is 41.2 Å². The molecule has 0 spiro atoms. The molecular formula is C12H14N4. The molecule has 1 unspecified atom stereocenters. The summed E-state index contributed by atoms with van der Waals surface area (Å²) in [4.78, 5) is 0. The number of aromatic amines is 1. The van der Waals surface area contributed by atoms with Crippen molar-refractivity contribution in [2.75, 3.05) is 0 Å². The van der Waals surface area contributed by atoms with Crippen LogP contribution >= 0.6 is 0 Å². The van der Waals surface area contributed by atoms with Gasteiger partial charge < -0.3 is 0 Å². The molecule has 1 aliphatic rings. The normalized spacial score (nSPS) is 19.4. The van der Waals surface area contributed by atoms with Gasteiger partial charge in [0, 0.05) is 6.42 Å². The molecule has 1 aromatic carbocycles. The summed E-state index contributed by atoms with van der Waals surface area (Å²) in [5.41, 5.74) is 2.96. The third-order valence-electron chi connectivity index (χ3n) is 3.31. The van der Waals surface area contributed by atoms with Crippen LogP contribution in [-0.4, -0.2) is 20.6 Å². The number of aryl methyl sites for hydroxylation is 1. The lowest BCUT2D eigenvalue weighted by molar-refractivity contribution is 0.540. The van der Waals surface area contributed by atoms with Crippen LogP contribution < -0.4 is 0 Å². The minimum atomic E-state index is 0.558. The monoisotopic (exact) mass is 214 g/mol. The number of nitrogens with one attached hydrogen (secondary N) is 1. The number of fused-ring (bicyclic) bond motifs is 1. The fourth-order valence-corrected chi connectivity index (χ4v) is 2.56. The molecule has 1 atom stereocenters. The maximum Gasteiger partial charge on any atom is 0.175 e. The Kier molecular flexibility index (Phi) is 2.40. The van der Waals surface area contributed by atoms with Crippen LogP contribution in [0, 0.1) is 0 Å². The smallest absolute Gasteiger partial charge is 0.175 e. The topological polar surface area (TPSA) is 54.5 Å². The van der Waals surface area contributed by atoms with E-state index in [-0.39, 0.29) is 0 Å². The summed E-state index contributed by atoms with van der Waals surface area (Å²) in [5, 5.41) is 14.2. The number of rotatable bonds is 2. The lowest BCUT2D eigenvalue weighted by Gasteiger charge is -2.24. The van der Waals surface area contributed by atoms with E-state index < -0.39 is 0 Å². The highest BCUT2D eigenvalue weighted by Crippen LogP contribution is 2.33. The molecule has 1 aromatic heterocycles. The summed E-state index contributed by atoms with van der Waals surface area (Å²) < 4.78 is 0. The maximum atomic E-state index is 4.04. The second-order valence-electron chi connectivity index (χ2n) is 4.32. The predicted octanol–water partition coefficient (Wildman–Crippen LogP) is 1.86. The minimum Gasteiger partial charge on any atom is -0.177 e. The Morgan fingerprint density at radius 3 is 3.12 bits per heavy atom. The zero-order valence-corrected chi connectivity index (χ0v) is 9.06. The Labute approximate surface area is 94.1 Å². The van der Waals surface area contributed by atoms with Gasteiger partial charge >= 0.3 is 0 Å². The van der Waals surface area contributed by atoms with E-state index in [4.69, 9.17) is 0 Å². The molecule has 1 heterocycles. The van der Waals surface area contributed by atoms with Gasteiger partial charge in [-0.1, -0.05) is 29.5 Å². The van der Waals surface area contributed by atoms with Crippen LogP contribution in [0.15, 0.2) is 24.3 Å². The van der Waals surface area contributed by atoms with Gasteiger partial charge in [-0.3, -0.25) is 0 Å². The van der Waals surface area contributed by atoms with E-state index in [2.05, 4.69) is 44.9 Å². The van der Waals surface area contributed by atoms with E-state index in [0.717, 1.165) is 12.2 Å². The second kappa shape index (κ2) is 4.04. The van der Waals surface area contributed by atoms with E-state index >= 15 is 0 Å². The Balaban J connectivity index is 1.87. The molecule has 0 bridgehead atoms. The highest BCUT2D eigenvalue weighted by atomic mass is 15.5. The number of nitrogens with zero attached hydrogens (tertiary/aromatic N) is 3. The average Bonchev–Trinajstić information content (AvgIpc) is 2.82. The fourth-order valence-electron chi connectivity index (χ4n) is 2.56. The molecule has 1 N–H and O–H groups in total. The number of hydrogen-bond acceptors (Lipinski definition) is 3. The Bertz CT molecular complexity index is 464. The lowest BCUT2D eigenvalue weighted by atomic mass is 9.81. The maximum absolute atomic E-state index is 4.04. The van der Waals surface area contributed by atoms with Gasteiger partial charge in [0.15, 0.2) is 5.82 Å². The SMILES string of the molecule is c1ccc2c(c1)CCCC2Cc1nn[nH]n1. The van der Waals surface area contributed by atoms with E-state index in [1.54, 1.807) is 0 Å². The molecule has 4 heteroatoms. The number of aromatic nitrogens is 4. The van der Waals surface area contributed by atoms with E-state index in [1.165, 1.54) is 30.4 Å². The van der Waals surface area contributed by atoms with Crippen LogP contribution in [0.4, 0.5) is 0 Å². The van der Waals surface area contributed by atoms with E-state index in [9.17, 15) is 0 Å². The largest absolute Gasteiger partial charge is 0.177 e. The summed E-state index contributed by atoms with van der Waals surface area (Å²) in [6.45, 7) is 0. The van der Waals surface area contributed by atoms with Gasteiger partial charge in [-0.05, 0) is 36.3 Å². The van der Waals surface area contributed by atoms with Gasteiger partial charge in [-0.25, -0.2) is 0 Å². The molecule has 82 valence electrons. The molecule has 2 aromatic rings. The van der Waals surface area contributed by atoms with Crippen molar-refractivity contribution >= 4 is 0 Å². The molecule has 0 aliphatic heterocycles. The highest BCUT2D eigenvalue weighted by Gasteiger charge is 2.21. The first-order valence-corrected chi connectivity index (χ1v) is 5.73. The lowest BCUT2D eigenvalue weighted by Crippen LogP contribution is -2.12. The van der Waals surface area contributed by atoms with Crippen molar-refractivity contribution < 1.29 is 0 Å². The molecule has 16 heavy (non-hydrogen) atoms. The summed E-state index contributed by atoms with van der Waals surface area (Å²) in [6.07, 6.45) is 4.59. The van der Waals surface area contributed by atoms with Gasteiger partial charge in [-0.2, -0.15) is 5.21 Å². The van der Waals surface area contributed by atoms with Crippen molar-refractivity contribution in [3.63, 3.8) is 0 Å². The average molecular weight is 214 g/mol. The summed E-state index contributed by atoms with van der Waals surface area (Å²) >= 11 is 0. The first kappa shape index (κ1) is 9.51. The van der Waals surface area contributed by atoms with Gasteiger partial charge in [-0.15, -0.1) is 10.2 Å². The zero-order chi connectivity index (χ0) is 10.8. The van der Waals surface area contributed by atoms with E-state index in [0.29, 0.717) is 5.92 Å². The zero-order valence-electron chi connectivity index (χ0n) is 9.06. The Hall–Kier alpha value is -1.71. The van der Waals surface area contributed by atoms with Crippen LogP contribution in [0.25, 0.3) is 0 Å². The quantitative estimate of drug-likeness (QED) is 0.830. The molecular weight excluding hydrogens is 200 g/mol. The van der Waals surface area contributed by atoms with Gasteiger partial charge in [0.2, 0.25) is 0 Å². The third-order valence-corrected chi connectivity index (χ3v) is 3.31. The first-order chi connectivity index (χ1) is 7.93. The predicted molar refractivity (Wildman–Crippen MR) is 60.0 cm³/mol. The molecule has 4 nitrogen and oxygen atoms in total. The number of H-pyrrole nitrogens is 1. The van der Waals surface area contributed by atoms with Gasteiger partial charge in [0.1, 0.15) is 0 Å². The molecule has 0 radical (unpaired) electrons. The van der Waals surface area contributed by atoms with Gasteiger partial charge in [0.05, 0.1) is 0 Å². The Morgan fingerprint density at radius 1 is 1.31 bits per heavy atom. The summed E-state index contributed by atoms with van der Waals surface area (Å²) in [5.74, 6) is 1.38. The second-order valence-corrected chi connectivity index (χ2v) is 4.32. The van der Waals surface area contributed by atoms with Crippen molar-refractivity contribution in [2.45, 2.75) is 31.6 Å².